The Kier molecular flexibility index (Phi) is 5.74. The van der Waals surface area contributed by atoms with E-state index in [1.165, 1.54) is 0 Å². The van der Waals surface area contributed by atoms with Crippen molar-refractivity contribution in [2.24, 2.45) is 7.05 Å². The number of ether oxygens (including phenoxy) is 1. The first-order valence-electron chi connectivity index (χ1n) is 7.71. The Hall–Kier alpha value is -1.46. The monoisotopic (exact) mass is 468 g/mol. The zero-order valence-corrected chi connectivity index (χ0v) is 17.1. The molecule has 0 aliphatic rings. The van der Waals surface area contributed by atoms with E-state index in [0.717, 1.165) is 27.7 Å². The van der Waals surface area contributed by atoms with Crippen LogP contribution in [0.3, 0.4) is 0 Å². The van der Waals surface area contributed by atoms with Crippen LogP contribution in [0.2, 0.25) is 0 Å². The lowest BCUT2D eigenvalue weighted by Crippen LogP contribution is -2.10. The first-order valence-corrected chi connectivity index (χ1v) is 11.8. The minimum absolute atomic E-state index is 0.00865. The number of halogens is 1. The van der Waals surface area contributed by atoms with Gasteiger partial charge < -0.3 is 9.84 Å². The van der Waals surface area contributed by atoms with Crippen LogP contribution in [0.25, 0.3) is 22.0 Å². The summed E-state index contributed by atoms with van der Waals surface area (Å²) in [6, 6.07) is 6.15. The van der Waals surface area contributed by atoms with Crippen LogP contribution in [0.4, 0.5) is 0 Å². The molecule has 0 aliphatic carbocycles. The minimum Gasteiger partial charge on any atom is -0.394 e. The molecule has 0 radical (unpaired) electrons. The van der Waals surface area contributed by atoms with Gasteiger partial charge in [0.25, 0.3) is 0 Å². The van der Waals surface area contributed by atoms with Crippen LogP contribution in [-0.2, 0) is 11.8 Å². The number of nitrogens with zero attached hydrogens (tertiary/aromatic N) is 4. The van der Waals surface area contributed by atoms with Crippen molar-refractivity contribution in [2.75, 3.05) is 13.2 Å². The van der Waals surface area contributed by atoms with Gasteiger partial charge in [-0.1, -0.05) is 6.07 Å². The zero-order valence-electron chi connectivity index (χ0n) is 13.9. The summed E-state index contributed by atoms with van der Waals surface area (Å²) in [5, 5.41) is 18.8. The molecule has 0 saturated heterocycles. The molecule has 25 heavy (non-hydrogen) atoms. The Morgan fingerprint density at radius 1 is 1.48 bits per heavy atom. The molecule has 0 aliphatic heterocycles. The van der Waals surface area contributed by atoms with Gasteiger partial charge in [0.15, 0.2) is 0 Å². The Morgan fingerprint density at radius 3 is 2.96 bits per heavy atom. The van der Waals surface area contributed by atoms with Gasteiger partial charge in [0, 0.05) is 18.0 Å². The van der Waals surface area contributed by atoms with E-state index in [2.05, 4.69) is 50.3 Å². The number of hydrogen-bond acceptors (Lipinski definition) is 4. The molecule has 0 saturated carbocycles. The summed E-state index contributed by atoms with van der Waals surface area (Å²) >= 11 is 2.29. The van der Waals surface area contributed by atoms with Gasteiger partial charge >= 0.3 is 0 Å². The Balaban J connectivity index is 2.10. The summed E-state index contributed by atoms with van der Waals surface area (Å²) in [4.78, 5) is 0. The Labute approximate surface area is 160 Å². The molecule has 3 rings (SSSR count). The minimum atomic E-state index is -0.184. The highest BCUT2D eigenvalue weighted by Crippen LogP contribution is 2.35. The summed E-state index contributed by atoms with van der Waals surface area (Å²) in [6.45, 7) is 2.23. The topological polar surface area (TPSA) is 65.1 Å². The number of rotatable bonds is 6. The first kappa shape index (κ1) is 18.3. The second-order valence-corrected chi connectivity index (χ2v) is 7.56. The molecule has 2 aromatic heterocycles. The number of fused-ring (bicyclic) bond motifs is 1. The van der Waals surface area contributed by atoms with Crippen LogP contribution in [0.15, 0.2) is 24.4 Å². The van der Waals surface area contributed by atoms with Gasteiger partial charge in [0.1, 0.15) is 5.69 Å². The first-order chi connectivity index (χ1) is 12.1. The van der Waals surface area contributed by atoms with Gasteiger partial charge in [-0.05, 0) is 52.6 Å². The van der Waals surface area contributed by atoms with Crippen molar-refractivity contribution in [3.05, 3.63) is 35.8 Å². The van der Waals surface area contributed by atoms with E-state index in [1.807, 2.05) is 30.7 Å². The highest BCUT2D eigenvalue weighted by Gasteiger charge is 2.19. The summed E-state index contributed by atoms with van der Waals surface area (Å²) in [7, 11) is 1.89. The van der Waals surface area contributed by atoms with Crippen molar-refractivity contribution in [2.45, 2.75) is 13.0 Å². The van der Waals surface area contributed by atoms with E-state index in [1.54, 1.807) is 4.68 Å². The van der Waals surface area contributed by atoms with E-state index in [9.17, 15) is 0 Å². The number of aryl methyl sites for hydroxylation is 1. The van der Waals surface area contributed by atoms with E-state index in [-0.39, 0.29) is 19.3 Å². The fraction of sp³-hybridized carbons (Fsp3) is 0.294. The van der Waals surface area contributed by atoms with Crippen LogP contribution in [0.1, 0.15) is 24.4 Å². The van der Waals surface area contributed by atoms with Gasteiger partial charge in [-0.25, -0.2) is 4.45 Å². The lowest BCUT2D eigenvalue weighted by molar-refractivity contribution is 0.0345. The molecule has 0 amide bonds. The molecule has 8 heteroatoms. The Bertz CT molecular complexity index is 944. The van der Waals surface area contributed by atoms with Crippen LogP contribution < -0.4 is 0 Å². The normalized spacial score (nSPS) is 12.9. The molecule has 2 heterocycles. The zero-order chi connectivity index (χ0) is 18.0. The third-order valence-corrected chi connectivity index (χ3v) is 5.91. The molecule has 1 N–H and O–H groups in total. The van der Waals surface area contributed by atoms with Crippen molar-refractivity contribution in [3.63, 3.8) is 0 Å². The fourth-order valence-electron chi connectivity index (χ4n) is 2.92. The lowest BCUT2D eigenvalue weighted by atomic mass is 10.0. The van der Waals surface area contributed by atoms with E-state index < -0.39 is 0 Å². The number of aromatic nitrogens is 4. The van der Waals surface area contributed by atoms with E-state index in [4.69, 9.17) is 16.3 Å². The van der Waals surface area contributed by atoms with Crippen LogP contribution >= 0.6 is 28.4 Å². The average molecular weight is 468 g/mol. The molecule has 3 aromatic rings. The molecule has 1 aromatic carbocycles. The largest absolute Gasteiger partial charge is 0.394 e. The maximum atomic E-state index is 8.99. The third-order valence-electron chi connectivity index (χ3n) is 4.04. The smallest absolute Gasteiger partial charge is 0.143 e. The predicted molar refractivity (Wildman–Crippen MR) is 109 cm³/mol. The highest BCUT2D eigenvalue weighted by atomic mass is 127. The molecular weight excluding hydrogens is 450 g/mol. The molecule has 0 fully saturated rings. The number of aliphatic hydroxyl groups is 1. The van der Waals surface area contributed by atoms with Gasteiger partial charge in [-0.15, -0.1) is 6.42 Å². The SMILES string of the molecule is C#Cc1nn(PI)c2ccc(-c3cnn(C)c3C(C)OCCO)cc12. The molecule has 0 spiro atoms. The molecule has 2 atom stereocenters. The summed E-state index contributed by atoms with van der Waals surface area (Å²) in [5.41, 5.74) is 4.64. The average Bonchev–Trinajstić information content (AvgIpc) is 3.19. The van der Waals surface area contributed by atoms with Crippen LogP contribution in [0, 0.1) is 12.3 Å². The number of hydrogen-bond donors (Lipinski definition) is 1. The van der Waals surface area contributed by atoms with Gasteiger partial charge in [-0.3, -0.25) is 4.68 Å². The molecule has 6 nitrogen and oxygen atoms in total. The molecule has 0 bridgehead atoms. The summed E-state index contributed by atoms with van der Waals surface area (Å²) in [6.07, 6.45) is 7.76. The van der Waals surface area contributed by atoms with E-state index >= 15 is 0 Å². The maximum absolute atomic E-state index is 8.99. The standard InChI is InChI=1S/C17H18IN4O2P/c1-4-15-13-9-12(5-6-16(13)22(20-15)25-18)14-10-19-21(3)17(14)11(2)24-8-7-23/h1,5-6,9-11,23,25H,7-8H2,2-3H3. The van der Waals surface area contributed by atoms with Gasteiger partial charge in [-0.2, -0.15) is 10.2 Å². The Morgan fingerprint density at radius 2 is 2.28 bits per heavy atom. The highest BCUT2D eigenvalue weighted by molar-refractivity contribution is 14.2. The second-order valence-electron chi connectivity index (χ2n) is 5.52. The van der Waals surface area contributed by atoms with Gasteiger partial charge in [0.2, 0.25) is 0 Å². The third kappa shape index (κ3) is 3.44. The fourth-order valence-corrected chi connectivity index (χ4v) is 4.44. The van der Waals surface area contributed by atoms with Crippen molar-refractivity contribution in [1.29, 1.82) is 0 Å². The second kappa shape index (κ2) is 7.83. The van der Waals surface area contributed by atoms with Gasteiger partial charge in [0.05, 0.1) is 43.1 Å². The summed E-state index contributed by atoms with van der Waals surface area (Å²) < 4.78 is 9.40. The van der Waals surface area contributed by atoms with Crippen molar-refractivity contribution in [3.8, 4) is 23.5 Å². The van der Waals surface area contributed by atoms with Crippen molar-refractivity contribution < 1.29 is 9.84 Å². The van der Waals surface area contributed by atoms with E-state index in [0.29, 0.717) is 12.1 Å². The number of benzene rings is 1. The summed E-state index contributed by atoms with van der Waals surface area (Å²) in [5.74, 6) is 2.67. The lowest BCUT2D eigenvalue weighted by Gasteiger charge is -2.15. The molecule has 130 valence electrons. The molecular formula is C17H18IN4O2P. The maximum Gasteiger partial charge on any atom is 0.143 e. The quantitative estimate of drug-likeness (QED) is 0.343. The molecule has 2 unspecified atom stereocenters. The van der Waals surface area contributed by atoms with Crippen LogP contribution in [0.5, 0.6) is 0 Å². The predicted octanol–water partition coefficient (Wildman–Crippen LogP) is 3.28. The van der Waals surface area contributed by atoms with Crippen molar-refractivity contribution in [1.82, 2.24) is 19.3 Å². The number of terminal acetylenes is 1. The number of aliphatic hydroxyl groups excluding tert-OH is 1. The van der Waals surface area contributed by atoms with Crippen LogP contribution in [-0.4, -0.2) is 37.7 Å². The van der Waals surface area contributed by atoms with Crippen molar-refractivity contribution >= 4 is 39.3 Å².